The first kappa shape index (κ1) is 14.5. The number of piperidine rings is 1. The highest BCUT2D eigenvalue weighted by atomic mass is 16.5. The predicted octanol–water partition coefficient (Wildman–Crippen LogP) is 1.31. The van der Waals surface area contributed by atoms with Gasteiger partial charge in [0.05, 0.1) is 12.0 Å². The molecule has 100 valence electrons. The van der Waals surface area contributed by atoms with Crippen LogP contribution in [0.2, 0.25) is 0 Å². The quantitative estimate of drug-likeness (QED) is 0.662. The number of carbonyl (C=O) groups is 1. The summed E-state index contributed by atoms with van der Waals surface area (Å²) >= 11 is 0. The molecule has 1 atom stereocenters. The standard InChI is InChI=1S/C13H26N2O2/c1-11(2)17-9-4-3-8-15-13(16)12-6-5-7-14-10-12/h11-12,14H,3-10H2,1-2H3,(H,15,16). The first-order valence-corrected chi connectivity index (χ1v) is 6.80. The number of unbranched alkanes of at least 4 members (excludes halogenated alkanes) is 1. The van der Waals surface area contributed by atoms with Gasteiger partial charge in [0.1, 0.15) is 0 Å². The fraction of sp³-hybridized carbons (Fsp3) is 0.923. The largest absolute Gasteiger partial charge is 0.379 e. The summed E-state index contributed by atoms with van der Waals surface area (Å²) in [7, 11) is 0. The van der Waals surface area contributed by atoms with E-state index in [1.807, 2.05) is 13.8 Å². The summed E-state index contributed by atoms with van der Waals surface area (Å²) in [5, 5.41) is 6.26. The van der Waals surface area contributed by atoms with Crippen LogP contribution in [0.1, 0.15) is 39.5 Å². The Kier molecular flexibility index (Phi) is 7.21. The summed E-state index contributed by atoms with van der Waals surface area (Å²) < 4.78 is 5.44. The van der Waals surface area contributed by atoms with E-state index in [-0.39, 0.29) is 11.8 Å². The fourth-order valence-corrected chi connectivity index (χ4v) is 1.98. The molecular formula is C13H26N2O2. The molecule has 1 saturated heterocycles. The molecule has 1 heterocycles. The van der Waals surface area contributed by atoms with Gasteiger partial charge in [-0.05, 0) is 46.1 Å². The zero-order valence-corrected chi connectivity index (χ0v) is 11.1. The monoisotopic (exact) mass is 242 g/mol. The Morgan fingerprint density at radius 3 is 2.94 bits per heavy atom. The smallest absolute Gasteiger partial charge is 0.224 e. The van der Waals surface area contributed by atoms with E-state index in [1.54, 1.807) is 0 Å². The van der Waals surface area contributed by atoms with Crippen molar-refractivity contribution in [2.45, 2.75) is 45.6 Å². The molecule has 4 heteroatoms. The minimum absolute atomic E-state index is 0.177. The molecule has 0 aromatic heterocycles. The van der Waals surface area contributed by atoms with Gasteiger partial charge in [0.2, 0.25) is 5.91 Å². The molecule has 0 radical (unpaired) electrons. The first-order valence-electron chi connectivity index (χ1n) is 6.80. The van der Waals surface area contributed by atoms with Crippen molar-refractivity contribution in [1.29, 1.82) is 0 Å². The number of hydrogen-bond acceptors (Lipinski definition) is 3. The van der Waals surface area contributed by atoms with Gasteiger partial charge in [-0.3, -0.25) is 4.79 Å². The van der Waals surface area contributed by atoms with Crippen LogP contribution >= 0.6 is 0 Å². The molecule has 2 N–H and O–H groups in total. The lowest BCUT2D eigenvalue weighted by Gasteiger charge is -2.21. The first-order chi connectivity index (χ1) is 8.20. The Labute approximate surface area is 104 Å². The van der Waals surface area contributed by atoms with E-state index in [0.717, 1.165) is 51.9 Å². The average Bonchev–Trinajstić information content (AvgIpc) is 2.34. The molecule has 0 saturated carbocycles. The fourth-order valence-electron chi connectivity index (χ4n) is 1.98. The van der Waals surface area contributed by atoms with Crippen LogP contribution in [0.15, 0.2) is 0 Å². The molecule has 1 unspecified atom stereocenters. The number of nitrogens with one attached hydrogen (secondary N) is 2. The van der Waals surface area contributed by atoms with Crippen molar-refractivity contribution in [2.24, 2.45) is 5.92 Å². The number of ether oxygens (including phenoxy) is 1. The maximum atomic E-state index is 11.8. The average molecular weight is 242 g/mol. The van der Waals surface area contributed by atoms with Crippen LogP contribution in [0.5, 0.6) is 0 Å². The maximum absolute atomic E-state index is 11.8. The zero-order valence-electron chi connectivity index (χ0n) is 11.1. The van der Waals surface area contributed by atoms with Gasteiger partial charge in [0.25, 0.3) is 0 Å². The van der Waals surface area contributed by atoms with E-state index in [4.69, 9.17) is 4.74 Å². The Balaban J connectivity index is 1.96. The number of rotatable bonds is 7. The molecule has 0 aliphatic carbocycles. The van der Waals surface area contributed by atoms with Crippen LogP contribution < -0.4 is 10.6 Å². The summed E-state index contributed by atoms with van der Waals surface area (Å²) in [6, 6.07) is 0. The van der Waals surface area contributed by atoms with Gasteiger partial charge in [-0.15, -0.1) is 0 Å². The third kappa shape index (κ3) is 6.64. The van der Waals surface area contributed by atoms with Crippen molar-refractivity contribution in [2.75, 3.05) is 26.2 Å². The molecule has 1 amide bonds. The zero-order chi connectivity index (χ0) is 12.5. The molecule has 0 spiro atoms. The molecule has 0 aromatic carbocycles. The minimum Gasteiger partial charge on any atom is -0.379 e. The third-order valence-electron chi connectivity index (χ3n) is 2.99. The van der Waals surface area contributed by atoms with E-state index < -0.39 is 0 Å². The van der Waals surface area contributed by atoms with E-state index in [9.17, 15) is 4.79 Å². The lowest BCUT2D eigenvalue weighted by atomic mass is 9.99. The van der Waals surface area contributed by atoms with Crippen LogP contribution in [-0.4, -0.2) is 38.3 Å². The van der Waals surface area contributed by atoms with Crippen molar-refractivity contribution < 1.29 is 9.53 Å². The van der Waals surface area contributed by atoms with Crippen molar-refractivity contribution in [3.05, 3.63) is 0 Å². The lowest BCUT2D eigenvalue weighted by molar-refractivity contribution is -0.125. The Morgan fingerprint density at radius 1 is 1.47 bits per heavy atom. The lowest BCUT2D eigenvalue weighted by Crippen LogP contribution is -2.40. The van der Waals surface area contributed by atoms with Gasteiger partial charge in [0.15, 0.2) is 0 Å². The summed E-state index contributed by atoms with van der Waals surface area (Å²) in [5.41, 5.74) is 0. The molecule has 0 aromatic rings. The number of hydrogen-bond donors (Lipinski definition) is 2. The highest BCUT2D eigenvalue weighted by Gasteiger charge is 2.19. The third-order valence-corrected chi connectivity index (χ3v) is 2.99. The number of carbonyl (C=O) groups excluding carboxylic acids is 1. The van der Waals surface area contributed by atoms with Crippen molar-refractivity contribution in [1.82, 2.24) is 10.6 Å². The second kappa shape index (κ2) is 8.48. The van der Waals surface area contributed by atoms with Gasteiger partial charge in [-0.2, -0.15) is 0 Å². The number of amides is 1. The molecule has 1 aliphatic heterocycles. The molecule has 17 heavy (non-hydrogen) atoms. The van der Waals surface area contributed by atoms with Gasteiger partial charge >= 0.3 is 0 Å². The van der Waals surface area contributed by atoms with E-state index in [1.165, 1.54) is 0 Å². The summed E-state index contributed by atoms with van der Waals surface area (Å²) in [4.78, 5) is 11.8. The van der Waals surface area contributed by atoms with E-state index >= 15 is 0 Å². The summed E-state index contributed by atoms with van der Waals surface area (Å²) in [6.45, 7) is 7.53. The Hall–Kier alpha value is -0.610. The SMILES string of the molecule is CC(C)OCCCCNC(=O)C1CCCNC1. The molecular weight excluding hydrogens is 216 g/mol. The van der Waals surface area contributed by atoms with Crippen LogP contribution in [0.4, 0.5) is 0 Å². The molecule has 1 aliphatic rings. The molecule has 4 nitrogen and oxygen atoms in total. The van der Waals surface area contributed by atoms with Crippen molar-refractivity contribution in [3.63, 3.8) is 0 Å². The van der Waals surface area contributed by atoms with Crippen LogP contribution in [0.25, 0.3) is 0 Å². The summed E-state index contributed by atoms with van der Waals surface area (Å²) in [5.74, 6) is 0.387. The highest BCUT2D eigenvalue weighted by molar-refractivity contribution is 5.78. The Morgan fingerprint density at radius 2 is 2.29 bits per heavy atom. The Bertz CT molecular complexity index is 213. The topological polar surface area (TPSA) is 50.4 Å². The second-order valence-corrected chi connectivity index (χ2v) is 4.96. The maximum Gasteiger partial charge on any atom is 0.224 e. The molecule has 1 fully saturated rings. The highest BCUT2D eigenvalue weighted by Crippen LogP contribution is 2.09. The normalized spacial score (nSPS) is 20.5. The summed E-state index contributed by atoms with van der Waals surface area (Å²) in [6.07, 6.45) is 4.45. The predicted molar refractivity (Wildman–Crippen MR) is 68.9 cm³/mol. The van der Waals surface area contributed by atoms with E-state index in [0.29, 0.717) is 6.10 Å². The van der Waals surface area contributed by atoms with Crippen LogP contribution in [-0.2, 0) is 9.53 Å². The van der Waals surface area contributed by atoms with Gasteiger partial charge in [0, 0.05) is 19.7 Å². The van der Waals surface area contributed by atoms with Gasteiger partial charge in [-0.1, -0.05) is 0 Å². The molecule has 0 bridgehead atoms. The van der Waals surface area contributed by atoms with Crippen molar-refractivity contribution in [3.8, 4) is 0 Å². The van der Waals surface area contributed by atoms with Crippen molar-refractivity contribution >= 4 is 5.91 Å². The van der Waals surface area contributed by atoms with Gasteiger partial charge in [-0.25, -0.2) is 0 Å². The second-order valence-electron chi connectivity index (χ2n) is 4.96. The minimum atomic E-state index is 0.177. The molecule has 1 rings (SSSR count). The van der Waals surface area contributed by atoms with E-state index in [2.05, 4.69) is 10.6 Å². The van der Waals surface area contributed by atoms with Gasteiger partial charge < -0.3 is 15.4 Å². The van der Waals surface area contributed by atoms with Crippen LogP contribution in [0.3, 0.4) is 0 Å². The van der Waals surface area contributed by atoms with Crippen LogP contribution in [0, 0.1) is 5.92 Å².